The van der Waals surface area contributed by atoms with Gasteiger partial charge in [-0.1, -0.05) is 104 Å². The molecule has 30 nitrogen and oxygen atoms in total. The highest BCUT2D eigenvalue weighted by Crippen LogP contribution is 2.49. The predicted octanol–water partition coefficient (Wildman–Crippen LogP) is 14.0. The zero-order valence-corrected chi connectivity index (χ0v) is 79.5. The Balaban J connectivity index is 0.000000120. The number of pyridine rings is 4. The van der Waals surface area contributed by atoms with Crippen molar-refractivity contribution in [2.24, 2.45) is 69.9 Å². The highest BCUT2D eigenvalue weighted by molar-refractivity contribution is 6.38. The number of aromatic nitrogens is 14. The van der Waals surface area contributed by atoms with Crippen LogP contribution in [-0.2, 0) is 32.7 Å². The molecular formula is C97H118Cl5N29O. The number of piperidine rings is 5. The minimum atomic E-state index is -0.757. The van der Waals surface area contributed by atoms with E-state index in [0.29, 0.717) is 96.7 Å². The zero-order valence-electron chi connectivity index (χ0n) is 75.7. The second kappa shape index (κ2) is 39.8. The molecule has 11 N–H and O–H groups in total. The lowest BCUT2D eigenvalue weighted by atomic mass is 9.60. The number of benzene rings is 1. The van der Waals surface area contributed by atoms with Gasteiger partial charge >= 0.3 is 0 Å². The minimum Gasteiger partial charge on any atom is -0.388 e. The van der Waals surface area contributed by atoms with E-state index in [-0.39, 0.29) is 23.8 Å². The van der Waals surface area contributed by atoms with E-state index in [9.17, 15) is 5.11 Å². The first-order valence-corrected chi connectivity index (χ1v) is 47.3. The van der Waals surface area contributed by atoms with Gasteiger partial charge in [-0.2, -0.15) is 0 Å². The first-order chi connectivity index (χ1) is 63.1. The lowest BCUT2D eigenvalue weighted by Crippen LogP contribution is -2.56. The molecule has 0 bridgehead atoms. The summed E-state index contributed by atoms with van der Waals surface area (Å²) in [6.45, 7) is 29.9. The Morgan fingerprint density at radius 2 is 0.705 bits per heavy atom. The molecule has 11 aliphatic rings. The molecule has 10 aliphatic heterocycles. The molecule has 1 spiro atoms. The summed E-state index contributed by atoms with van der Waals surface area (Å²) in [6, 6.07) is 14.0. The van der Waals surface area contributed by atoms with E-state index >= 15 is 0 Å². The van der Waals surface area contributed by atoms with Gasteiger partial charge in [0.1, 0.15) is 57.6 Å². The summed E-state index contributed by atoms with van der Waals surface area (Å²) in [7, 11) is 0. The van der Waals surface area contributed by atoms with Gasteiger partial charge in [-0.15, -0.1) is 0 Å². The number of hydrogen-bond donors (Lipinski definition) is 6. The summed E-state index contributed by atoms with van der Waals surface area (Å²) in [5.41, 5.74) is 51.7. The topological polar surface area (TPSA) is 409 Å². The van der Waals surface area contributed by atoms with Crippen molar-refractivity contribution in [1.29, 1.82) is 0 Å². The van der Waals surface area contributed by atoms with Crippen LogP contribution in [0.15, 0.2) is 123 Å². The number of aryl methyl sites for hydroxylation is 5. The van der Waals surface area contributed by atoms with Crippen molar-refractivity contribution in [3.05, 3.63) is 236 Å². The van der Waals surface area contributed by atoms with Crippen LogP contribution in [0.25, 0.3) is 0 Å². The molecule has 692 valence electrons. The lowest BCUT2D eigenvalue weighted by molar-refractivity contribution is 0.0248. The van der Waals surface area contributed by atoms with E-state index in [2.05, 4.69) is 105 Å². The maximum Gasteiger partial charge on any atom is 0.147 e. The maximum atomic E-state index is 10.3. The number of nitrogens with zero attached hydrogens (tertiary/aromatic N) is 24. The molecule has 0 amide bonds. The number of halogens is 5. The molecular weight excluding hydrogens is 1760 g/mol. The van der Waals surface area contributed by atoms with Gasteiger partial charge in [-0.25, -0.2) is 49.8 Å². The molecule has 6 fully saturated rings. The van der Waals surface area contributed by atoms with Crippen LogP contribution < -0.4 is 53.2 Å². The van der Waals surface area contributed by atoms with Crippen LogP contribution in [0.4, 0.5) is 29.1 Å². The Hall–Kier alpha value is -10.2. The Kier molecular flexibility index (Phi) is 28.6. The molecule has 1 saturated carbocycles. The third-order valence-electron chi connectivity index (χ3n) is 28.4. The molecule has 132 heavy (non-hydrogen) atoms. The Bertz CT molecular complexity index is 5640. The Morgan fingerprint density at radius 3 is 1.02 bits per heavy atom. The highest BCUT2D eigenvalue weighted by Gasteiger charge is 2.47. The van der Waals surface area contributed by atoms with Gasteiger partial charge in [0.2, 0.25) is 0 Å². The third kappa shape index (κ3) is 19.8. The first kappa shape index (κ1) is 95.0. The second-order valence-electron chi connectivity index (χ2n) is 37.1. The van der Waals surface area contributed by atoms with E-state index < -0.39 is 5.60 Å². The Morgan fingerprint density at radius 1 is 0.386 bits per heavy atom. The van der Waals surface area contributed by atoms with Gasteiger partial charge in [0.15, 0.2) is 0 Å². The molecule has 1 aliphatic carbocycles. The molecule has 10 aromatic rings. The van der Waals surface area contributed by atoms with Crippen molar-refractivity contribution in [1.82, 2.24) is 69.8 Å². The Labute approximate surface area is 797 Å². The van der Waals surface area contributed by atoms with E-state index in [4.69, 9.17) is 122 Å². The van der Waals surface area contributed by atoms with Crippen molar-refractivity contribution in [2.75, 3.05) is 110 Å². The SMILES string of the molecule is C.CCC1(N)CCN(c2cnc3c(n2)CN=C3c2ccnc(C)c2Cl)CC1.Cc1cc(C2=NCc3nc(N4CCC(C)(CN)CC4)cnc32)c(Cl)cn1.Cc1cc(C2=NCc3nc(N4CCC(O)(CN)CC4)cnc32)c(Cl)cn1.Cc1cccc(C2=NCc3nc(N4CCC(C)(CN)CC4)cnc32)c1Cl.Cc1nccc(C2=NCc3nc(N4CCC5(CCC5N)CC4)cnc32)c1Cl. The van der Waals surface area contributed by atoms with Crippen LogP contribution in [-0.4, -0.2) is 206 Å². The summed E-state index contributed by atoms with van der Waals surface area (Å²) < 4.78 is 0. The van der Waals surface area contributed by atoms with Gasteiger partial charge in [-0.05, 0) is 177 Å². The highest BCUT2D eigenvalue weighted by atomic mass is 35.5. The van der Waals surface area contributed by atoms with E-state index in [1.807, 2.05) is 102 Å². The molecule has 21 rings (SSSR count). The predicted molar refractivity (Wildman–Crippen MR) is 528 cm³/mol. The fourth-order valence-electron chi connectivity index (χ4n) is 18.7. The van der Waals surface area contributed by atoms with E-state index in [0.717, 1.165) is 299 Å². The standard InChI is InChI=1S/C20H23ClN6.C20H24ClN5.2C19H23ClN6.C18H21ClN6O.CH4/c1-12-17(21)13(3-7-23-12)18-19-14(10-24-18)26-16(11-25-19)27-8-5-20(6-9-27)4-2-15(20)22;1-13-4-3-5-14(17(13)21)18-19-15(10-23-18)25-16(11-24-19)26-8-6-20(2,12-22)7-9-26;1-12-7-13(14(20)8-22-12)17-18-15(9-23-17)25-16(10-24-18)26-5-3-19(2,11-21)4-6-26;1-3-19(21)5-8-26(9-6-19)15-11-24-18-14(25-15)10-23-17(18)13-4-7-22-12(2)16(13)20;1-11-6-12(13(19)7-21-11)16-17-14(8-22-16)24-15(9-23-17)25-4-2-18(26,10-20)3-5-25;/h3,7,11,15H,2,4-6,8-10,22H2,1H3;3-5,11H,6-10,12,22H2,1-2H3;7-8,10H,3-6,9,11,21H2,1-2H3;4,7,11H,3,5-6,8-10,21H2,1-2H3;6-7,9,26H,2-5,8,10,20H2,1H3;1H4. The largest absolute Gasteiger partial charge is 0.388 e. The summed E-state index contributed by atoms with van der Waals surface area (Å²) >= 11 is 32.0. The van der Waals surface area contributed by atoms with Crippen LogP contribution in [0.3, 0.4) is 0 Å². The third-order valence-corrected chi connectivity index (χ3v) is 30.4. The molecule has 9 aromatic heterocycles. The van der Waals surface area contributed by atoms with Crippen molar-refractivity contribution in [3.63, 3.8) is 0 Å². The fourth-order valence-corrected chi connectivity index (χ4v) is 19.7. The summed E-state index contributed by atoms with van der Waals surface area (Å²) in [4.78, 5) is 99.0. The second-order valence-corrected chi connectivity index (χ2v) is 39.1. The number of hydrogen-bond acceptors (Lipinski definition) is 30. The number of anilines is 5. The minimum absolute atomic E-state index is 0. The number of aliphatic imine (C=N–C) groups is 5. The smallest absolute Gasteiger partial charge is 0.147 e. The van der Waals surface area contributed by atoms with Crippen molar-refractivity contribution in [2.45, 2.75) is 196 Å². The fraction of sp³-hybridized carbons (Fsp3) is 0.474. The lowest BCUT2D eigenvalue weighted by Gasteiger charge is -2.52. The van der Waals surface area contributed by atoms with Crippen LogP contribution in [0.5, 0.6) is 0 Å². The number of rotatable bonds is 14. The maximum absolute atomic E-state index is 10.3. The van der Waals surface area contributed by atoms with Gasteiger partial charge in [-0.3, -0.25) is 44.9 Å². The van der Waals surface area contributed by atoms with Gasteiger partial charge in [0, 0.05) is 148 Å². The van der Waals surface area contributed by atoms with Crippen LogP contribution in [0, 0.1) is 50.9 Å². The molecule has 35 heteroatoms. The number of nitrogens with two attached hydrogens (primary N) is 5. The van der Waals surface area contributed by atoms with Gasteiger partial charge in [0.25, 0.3) is 0 Å². The van der Waals surface area contributed by atoms with Crippen molar-refractivity contribution in [3.8, 4) is 0 Å². The van der Waals surface area contributed by atoms with Crippen molar-refractivity contribution < 1.29 is 5.11 Å². The number of fused-ring (bicyclic) bond motifs is 5. The molecule has 19 heterocycles. The number of aliphatic hydroxyl groups is 1. The van der Waals surface area contributed by atoms with Crippen LogP contribution in [0.1, 0.15) is 225 Å². The van der Waals surface area contributed by atoms with E-state index in [1.165, 1.54) is 12.8 Å². The van der Waals surface area contributed by atoms with Gasteiger partial charge in [0.05, 0.1) is 163 Å². The molecule has 1 unspecified atom stereocenters. The summed E-state index contributed by atoms with van der Waals surface area (Å²) in [6.07, 6.45) is 29.4. The monoisotopic (exact) mass is 1880 g/mol. The average molecular weight is 1880 g/mol. The summed E-state index contributed by atoms with van der Waals surface area (Å²) in [5.74, 6) is 4.54. The van der Waals surface area contributed by atoms with Crippen LogP contribution in [0.2, 0.25) is 25.1 Å². The normalized spacial score (nSPS) is 19.4. The summed E-state index contributed by atoms with van der Waals surface area (Å²) in [5, 5.41) is 13.4. The molecule has 5 saturated heterocycles. The molecule has 1 atom stereocenters. The van der Waals surface area contributed by atoms with Crippen molar-refractivity contribution >= 4 is 116 Å². The quantitative estimate of drug-likeness (QED) is 0.0589. The average Bonchev–Trinajstić information content (AvgIpc) is 1.000. The van der Waals surface area contributed by atoms with E-state index in [1.54, 1.807) is 31.0 Å². The van der Waals surface area contributed by atoms with Gasteiger partial charge < -0.3 is 58.3 Å². The first-order valence-electron chi connectivity index (χ1n) is 45.5. The van der Waals surface area contributed by atoms with Crippen LogP contribution >= 0.6 is 58.0 Å². The molecule has 0 radical (unpaired) electrons. The molecule has 1 aromatic carbocycles. The zero-order chi connectivity index (χ0) is 91.8.